The Morgan fingerprint density at radius 3 is 2.42 bits per heavy atom. The number of phenols is 1. The minimum Gasteiger partial charge on any atom is -0.507 e. The van der Waals surface area contributed by atoms with Gasteiger partial charge in [-0.05, 0) is 37.3 Å². The van der Waals surface area contributed by atoms with Crippen LogP contribution in [0.4, 0.5) is 14.5 Å². The van der Waals surface area contributed by atoms with Crippen LogP contribution in [0.1, 0.15) is 17.3 Å². The molecule has 2 N–H and O–H groups in total. The average Bonchev–Trinajstić information content (AvgIpc) is 2.50. The van der Waals surface area contributed by atoms with Crippen LogP contribution in [0, 0.1) is 11.6 Å². The zero-order chi connectivity index (χ0) is 17.9. The predicted molar refractivity (Wildman–Crippen MR) is 83.0 cm³/mol. The summed E-state index contributed by atoms with van der Waals surface area (Å²) < 4.78 is 31.8. The van der Waals surface area contributed by atoms with Crippen LogP contribution in [0.2, 0.25) is 5.02 Å². The second-order valence-electron chi connectivity index (χ2n) is 4.79. The van der Waals surface area contributed by atoms with Gasteiger partial charge in [0.25, 0.3) is 5.91 Å². The first-order chi connectivity index (χ1) is 11.3. The smallest absolute Gasteiger partial charge is 0.342 e. The van der Waals surface area contributed by atoms with Crippen molar-refractivity contribution in [2.75, 3.05) is 5.32 Å². The van der Waals surface area contributed by atoms with Gasteiger partial charge in [0.05, 0.1) is 0 Å². The molecule has 0 aliphatic rings. The molecule has 0 spiro atoms. The number of ether oxygens (including phenoxy) is 1. The van der Waals surface area contributed by atoms with Crippen molar-refractivity contribution in [1.29, 1.82) is 0 Å². The molecule has 0 unspecified atom stereocenters. The third-order valence-electron chi connectivity index (χ3n) is 3.04. The Kier molecular flexibility index (Phi) is 5.35. The normalized spacial score (nSPS) is 11.7. The number of nitrogens with one attached hydrogen (secondary N) is 1. The first-order valence-electron chi connectivity index (χ1n) is 6.74. The molecule has 0 radical (unpaired) electrons. The lowest BCUT2D eigenvalue weighted by molar-refractivity contribution is -0.123. The number of anilines is 1. The number of phenolic OH excluding ortho intramolecular Hbond substituents is 1. The van der Waals surface area contributed by atoms with E-state index in [9.17, 15) is 23.5 Å². The van der Waals surface area contributed by atoms with Crippen molar-refractivity contribution in [3.8, 4) is 5.75 Å². The highest BCUT2D eigenvalue weighted by atomic mass is 35.5. The Hall–Kier alpha value is -2.67. The van der Waals surface area contributed by atoms with E-state index < -0.39 is 41.1 Å². The van der Waals surface area contributed by atoms with Gasteiger partial charge in [0.1, 0.15) is 28.6 Å². The van der Waals surface area contributed by atoms with Crippen molar-refractivity contribution >= 4 is 29.2 Å². The topological polar surface area (TPSA) is 75.6 Å². The maximum atomic E-state index is 13.5. The van der Waals surface area contributed by atoms with Crippen molar-refractivity contribution in [3.05, 3.63) is 58.6 Å². The van der Waals surface area contributed by atoms with Crippen LogP contribution in [-0.4, -0.2) is 23.1 Å². The molecule has 24 heavy (non-hydrogen) atoms. The molecule has 2 aromatic rings. The van der Waals surface area contributed by atoms with E-state index in [2.05, 4.69) is 0 Å². The van der Waals surface area contributed by atoms with Gasteiger partial charge in [-0.25, -0.2) is 13.6 Å². The van der Waals surface area contributed by atoms with Crippen LogP contribution in [0.15, 0.2) is 36.4 Å². The van der Waals surface area contributed by atoms with Gasteiger partial charge in [0.15, 0.2) is 6.10 Å². The van der Waals surface area contributed by atoms with Crippen LogP contribution < -0.4 is 5.32 Å². The molecular weight excluding hydrogens is 344 g/mol. The number of aromatic hydroxyl groups is 1. The number of benzene rings is 2. The lowest BCUT2D eigenvalue weighted by Crippen LogP contribution is -2.30. The van der Waals surface area contributed by atoms with Crippen molar-refractivity contribution in [2.24, 2.45) is 0 Å². The molecule has 5 nitrogen and oxygen atoms in total. The van der Waals surface area contributed by atoms with Crippen molar-refractivity contribution < 1.29 is 28.2 Å². The molecule has 2 aromatic carbocycles. The molecule has 0 aliphatic carbocycles. The first-order valence-corrected chi connectivity index (χ1v) is 7.11. The van der Waals surface area contributed by atoms with E-state index in [1.54, 1.807) is 0 Å². The third-order valence-corrected chi connectivity index (χ3v) is 3.28. The fourth-order valence-corrected chi connectivity index (χ4v) is 1.96. The highest BCUT2D eigenvalue weighted by Crippen LogP contribution is 2.23. The Morgan fingerprint density at radius 2 is 1.83 bits per heavy atom. The van der Waals surface area contributed by atoms with Crippen LogP contribution in [0.5, 0.6) is 5.75 Å². The summed E-state index contributed by atoms with van der Waals surface area (Å²) in [4.78, 5) is 23.8. The molecule has 0 fully saturated rings. The van der Waals surface area contributed by atoms with Gasteiger partial charge in [-0.15, -0.1) is 0 Å². The van der Waals surface area contributed by atoms with Crippen LogP contribution in [0.25, 0.3) is 0 Å². The molecule has 0 aliphatic heterocycles. The van der Waals surface area contributed by atoms with Gasteiger partial charge in [-0.3, -0.25) is 4.79 Å². The Bertz CT molecular complexity index is 777. The maximum Gasteiger partial charge on any atom is 0.342 e. The SMILES string of the molecule is C[C@H](OC(=O)c1ccc(Cl)cc1O)C(=O)Nc1c(F)cccc1F. The summed E-state index contributed by atoms with van der Waals surface area (Å²) >= 11 is 5.65. The summed E-state index contributed by atoms with van der Waals surface area (Å²) in [6.07, 6.45) is -1.36. The van der Waals surface area contributed by atoms with E-state index in [1.807, 2.05) is 5.32 Å². The number of hydrogen-bond acceptors (Lipinski definition) is 4. The van der Waals surface area contributed by atoms with Gasteiger partial charge in [-0.1, -0.05) is 17.7 Å². The summed E-state index contributed by atoms with van der Waals surface area (Å²) in [6.45, 7) is 1.22. The zero-order valence-corrected chi connectivity index (χ0v) is 13.1. The minimum atomic E-state index is -1.36. The first kappa shape index (κ1) is 17.7. The molecule has 1 atom stereocenters. The summed E-state index contributed by atoms with van der Waals surface area (Å²) in [6, 6.07) is 6.81. The highest BCUT2D eigenvalue weighted by Gasteiger charge is 2.23. The molecule has 8 heteroatoms. The Morgan fingerprint density at radius 1 is 1.21 bits per heavy atom. The number of carbonyl (C=O) groups is 2. The van der Waals surface area contributed by atoms with Gasteiger partial charge >= 0.3 is 5.97 Å². The molecule has 0 saturated carbocycles. The van der Waals surface area contributed by atoms with Crippen molar-refractivity contribution in [2.45, 2.75) is 13.0 Å². The fourth-order valence-electron chi connectivity index (χ4n) is 1.80. The second kappa shape index (κ2) is 7.27. The number of carbonyl (C=O) groups excluding carboxylic acids is 2. The number of hydrogen-bond donors (Lipinski definition) is 2. The number of esters is 1. The molecular formula is C16H12ClF2NO4. The van der Waals surface area contributed by atoms with Gasteiger partial charge in [0, 0.05) is 5.02 Å². The number of rotatable bonds is 4. The van der Waals surface area contributed by atoms with E-state index in [1.165, 1.54) is 19.1 Å². The molecule has 2 rings (SSSR count). The van der Waals surface area contributed by atoms with E-state index >= 15 is 0 Å². The monoisotopic (exact) mass is 355 g/mol. The van der Waals surface area contributed by atoms with Gasteiger partial charge < -0.3 is 15.2 Å². The Labute approximate surface area is 140 Å². The predicted octanol–water partition coefficient (Wildman–Crippen LogP) is 3.51. The Balaban J connectivity index is 2.07. The maximum absolute atomic E-state index is 13.5. The summed E-state index contributed by atoms with van der Waals surface area (Å²) in [5.41, 5.74) is -0.837. The van der Waals surface area contributed by atoms with Gasteiger partial charge in [0.2, 0.25) is 0 Å². The largest absolute Gasteiger partial charge is 0.507 e. The molecule has 0 heterocycles. The summed E-state index contributed by atoms with van der Waals surface area (Å²) in [5, 5.41) is 11.9. The van der Waals surface area contributed by atoms with E-state index in [0.717, 1.165) is 24.3 Å². The standard InChI is InChI=1S/C16H12ClF2NO4/c1-8(15(22)20-14-11(18)3-2-4-12(14)19)24-16(23)10-6-5-9(17)7-13(10)21/h2-8,21H,1H3,(H,20,22)/t8-/m0/s1. The molecule has 0 saturated heterocycles. The van der Waals surface area contributed by atoms with Crippen molar-refractivity contribution in [1.82, 2.24) is 0 Å². The molecule has 126 valence electrons. The van der Waals surface area contributed by atoms with Crippen LogP contribution in [0.3, 0.4) is 0 Å². The molecule has 1 amide bonds. The molecule has 0 aromatic heterocycles. The fraction of sp³-hybridized carbons (Fsp3) is 0.125. The van der Waals surface area contributed by atoms with E-state index in [4.69, 9.17) is 16.3 Å². The zero-order valence-electron chi connectivity index (χ0n) is 12.3. The van der Waals surface area contributed by atoms with E-state index in [-0.39, 0.29) is 10.6 Å². The second-order valence-corrected chi connectivity index (χ2v) is 5.23. The summed E-state index contributed by atoms with van der Waals surface area (Å²) in [7, 11) is 0. The summed E-state index contributed by atoms with van der Waals surface area (Å²) in [5.74, 6) is -4.25. The highest BCUT2D eigenvalue weighted by molar-refractivity contribution is 6.30. The average molecular weight is 356 g/mol. The van der Waals surface area contributed by atoms with Crippen molar-refractivity contribution in [3.63, 3.8) is 0 Å². The van der Waals surface area contributed by atoms with Gasteiger partial charge in [-0.2, -0.15) is 0 Å². The van der Waals surface area contributed by atoms with Crippen LogP contribution in [-0.2, 0) is 9.53 Å². The lowest BCUT2D eigenvalue weighted by atomic mass is 10.2. The number of halogens is 3. The molecule has 0 bridgehead atoms. The quantitative estimate of drug-likeness (QED) is 0.823. The third kappa shape index (κ3) is 3.99. The van der Waals surface area contributed by atoms with E-state index in [0.29, 0.717) is 0 Å². The lowest BCUT2D eigenvalue weighted by Gasteiger charge is -2.14. The van der Waals surface area contributed by atoms with Crippen LogP contribution >= 0.6 is 11.6 Å². The number of para-hydroxylation sites is 1. The minimum absolute atomic E-state index is 0.198. The number of amides is 1.